The van der Waals surface area contributed by atoms with E-state index in [1.807, 2.05) is 4.90 Å². The van der Waals surface area contributed by atoms with Crippen LogP contribution in [-0.2, 0) is 0 Å². The zero-order valence-corrected chi connectivity index (χ0v) is 15.1. The predicted molar refractivity (Wildman–Crippen MR) is 92.3 cm³/mol. The highest BCUT2D eigenvalue weighted by Gasteiger charge is 2.37. The zero-order chi connectivity index (χ0) is 15.6. The molecule has 118 valence electrons. The summed E-state index contributed by atoms with van der Waals surface area (Å²) in [5, 5.41) is 11.6. The van der Waals surface area contributed by atoms with Crippen molar-refractivity contribution < 1.29 is 4.92 Å². The Morgan fingerprint density at radius 3 is 2.19 bits per heavy atom. The van der Waals surface area contributed by atoms with Crippen LogP contribution in [0.25, 0.3) is 0 Å². The second-order valence-electron chi connectivity index (χ2n) is 5.24. The maximum Gasteiger partial charge on any atom is 0.314 e. The predicted octanol–water partition coefficient (Wildman–Crippen LogP) is 4.82. The minimum atomic E-state index is -0.338. The Morgan fingerprint density at radius 2 is 1.76 bits per heavy atom. The normalized spacial score (nSPS) is 25.9. The van der Waals surface area contributed by atoms with Gasteiger partial charge in [0.25, 0.3) is 0 Å². The van der Waals surface area contributed by atoms with Gasteiger partial charge in [-0.2, -0.15) is 0 Å². The molecule has 0 N–H and O–H groups in total. The molecule has 0 saturated carbocycles. The Labute approximate surface area is 143 Å². The van der Waals surface area contributed by atoms with E-state index in [-0.39, 0.29) is 27.2 Å². The smallest absolute Gasteiger partial charge is 0.314 e. The van der Waals surface area contributed by atoms with Gasteiger partial charge < -0.3 is 4.90 Å². The maximum atomic E-state index is 11.6. The molecular formula is C13H18Cl2N2O2S2. The van der Waals surface area contributed by atoms with Crippen LogP contribution in [-0.4, -0.2) is 33.4 Å². The quantitative estimate of drug-likeness (QED) is 0.527. The van der Waals surface area contributed by atoms with Crippen LogP contribution in [0.4, 0.5) is 0 Å². The van der Waals surface area contributed by atoms with E-state index in [4.69, 9.17) is 23.2 Å². The van der Waals surface area contributed by atoms with Crippen LogP contribution in [0.3, 0.4) is 0 Å². The summed E-state index contributed by atoms with van der Waals surface area (Å²) in [7, 11) is 0. The highest BCUT2D eigenvalue weighted by molar-refractivity contribution is 8.25. The molecule has 0 unspecified atom stereocenters. The Bertz CT molecular complexity index is 475. The summed E-state index contributed by atoms with van der Waals surface area (Å²) in [5.41, 5.74) is 0.461. The summed E-state index contributed by atoms with van der Waals surface area (Å²) in [4.78, 5) is 13.3. The Kier molecular flexibility index (Phi) is 6.17. The van der Waals surface area contributed by atoms with Gasteiger partial charge in [0, 0.05) is 23.6 Å². The molecule has 0 amide bonds. The molecule has 0 aliphatic carbocycles. The van der Waals surface area contributed by atoms with Crippen molar-refractivity contribution in [3.8, 4) is 0 Å². The summed E-state index contributed by atoms with van der Waals surface area (Å²) in [6.07, 6.45) is 3.12. The number of thioether (sulfide) groups is 2. The van der Waals surface area contributed by atoms with Crippen molar-refractivity contribution in [3.05, 3.63) is 30.2 Å². The summed E-state index contributed by atoms with van der Waals surface area (Å²) < 4.78 is 0.710. The zero-order valence-electron chi connectivity index (χ0n) is 12.0. The van der Waals surface area contributed by atoms with Crippen molar-refractivity contribution in [2.75, 3.05) is 11.5 Å². The number of hydrogen-bond acceptors (Lipinski definition) is 5. The number of hydrogen-bond donors (Lipinski definition) is 0. The molecule has 0 bridgehead atoms. The van der Waals surface area contributed by atoms with Crippen molar-refractivity contribution in [3.63, 3.8) is 0 Å². The fraction of sp³-hybridized carbons (Fsp3) is 0.692. The van der Waals surface area contributed by atoms with Gasteiger partial charge >= 0.3 is 5.70 Å². The molecule has 2 heterocycles. The molecule has 8 heteroatoms. The standard InChI is InChI=1S/C13H18Cl2N2O2S2/c1-8-4-3-5-9(2)16(8)10(12(14)15)11(17(18)19)13-20-6-7-21-13/h8-9H,3-7H2,1-2H3/t8-,9-/m1/s1. The molecule has 0 aromatic rings. The lowest BCUT2D eigenvalue weighted by molar-refractivity contribution is -0.423. The van der Waals surface area contributed by atoms with Crippen molar-refractivity contribution in [2.24, 2.45) is 0 Å². The third-order valence-electron chi connectivity index (χ3n) is 3.78. The summed E-state index contributed by atoms with van der Waals surface area (Å²) >= 11 is 15.2. The number of piperidine rings is 1. The first-order valence-corrected chi connectivity index (χ1v) is 9.64. The number of halogens is 2. The first-order valence-electron chi connectivity index (χ1n) is 6.91. The van der Waals surface area contributed by atoms with Crippen LogP contribution in [0, 0.1) is 10.1 Å². The molecule has 0 aromatic carbocycles. The van der Waals surface area contributed by atoms with Gasteiger partial charge in [-0.25, -0.2) is 0 Å². The number of rotatable bonds is 3. The Hall–Kier alpha value is -0.0400. The molecule has 0 radical (unpaired) electrons. The third kappa shape index (κ3) is 3.84. The monoisotopic (exact) mass is 368 g/mol. The van der Waals surface area contributed by atoms with E-state index in [2.05, 4.69) is 13.8 Å². The van der Waals surface area contributed by atoms with Crippen LogP contribution in [0.2, 0.25) is 0 Å². The topological polar surface area (TPSA) is 46.4 Å². The Morgan fingerprint density at radius 1 is 1.24 bits per heavy atom. The van der Waals surface area contributed by atoms with Crippen molar-refractivity contribution in [1.82, 2.24) is 4.90 Å². The van der Waals surface area contributed by atoms with Gasteiger partial charge in [-0.3, -0.25) is 10.1 Å². The van der Waals surface area contributed by atoms with Gasteiger partial charge in [-0.05, 0) is 33.1 Å². The molecule has 2 rings (SSSR count). The molecule has 2 atom stereocenters. The molecule has 2 aliphatic heterocycles. The molecule has 2 fully saturated rings. The molecule has 0 aromatic heterocycles. The SMILES string of the molecule is C[C@@H]1CCC[C@@H](C)N1C(=C(Cl)Cl)C(=C1SCCS1)[N+](=O)[O-]. The van der Waals surface area contributed by atoms with Crippen molar-refractivity contribution in [2.45, 2.75) is 45.2 Å². The highest BCUT2D eigenvalue weighted by atomic mass is 35.5. The van der Waals surface area contributed by atoms with Gasteiger partial charge in [-0.1, -0.05) is 23.2 Å². The van der Waals surface area contributed by atoms with Gasteiger partial charge in [0.2, 0.25) is 0 Å². The first kappa shape index (κ1) is 17.3. The van der Waals surface area contributed by atoms with Crippen LogP contribution >= 0.6 is 46.7 Å². The molecule has 4 nitrogen and oxygen atoms in total. The average Bonchev–Trinajstić information content (AvgIpc) is 2.90. The minimum Gasteiger partial charge on any atom is -0.359 e. The van der Waals surface area contributed by atoms with E-state index in [1.165, 1.54) is 23.5 Å². The minimum absolute atomic E-state index is 0.0112. The second kappa shape index (κ2) is 7.49. The van der Waals surface area contributed by atoms with Crippen LogP contribution in [0.5, 0.6) is 0 Å². The fourth-order valence-corrected chi connectivity index (χ4v) is 5.74. The largest absolute Gasteiger partial charge is 0.359 e. The first-order chi connectivity index (χ1) is 9.93. The van der Waals surface area contributed by atoms with E-state index in [0.717, 1.165) is 35.0 Å². The van der Waals surface area contributed by atoms with E-state index in [9.17, 15) is 10.1 Å². The number of nitro groups is 1. The van der Waals surface area contributed by atoms with Crippen LogP contribution < -0.4 is 0 Å². The summed E-state index contributed by atoms with van der Waals surface area (Å²) in [6, 6.07) is 0.395. The fourth-order valence-electron chi connectivity index (χ4n) is 2.88. The van der Waals surface area contributed by atoms with Gasteiger partial charge in [-0.15, -0.1) is 23.5 Å². The molecule has 2 saturated heterocycles. The molecule has 2 aliphatic rings. The van der Waals surface area contributed by atoms with Crippen molar-refractivity contribution >= 4 is 46.7 Å². The van der Waals surface area contributed by atoms with Crippen molar-refractivity contribution in [1.29, 1.82) is 0 Å². The molecule has 21 heavy (non-hydrogen) atoms. The Balaban J connectivity index is 2.49. The van der Waals surface area contributed by atoms with Gasteiger partial charge in [0.05, 0.1) is 4.92 Å². The van der Waals surface area contributed by atoms with Crippen LogP contribution in [0.15, 0.2) is 20.1 Å². The van der Waals surface area contributed by atoms with Gasteiger partial charge in [0.15, 0.2) is 0 Å². The van der Waals surface area contributed by atoms with E-state index < -0.39 is 0 Å². The third-order valence-corrected chi connectivity index (χ3v) is 6.83. The number of nitrogens with zero attached hydrogens (tertiary/aromatic N) is 2. The second-order valence-corrected chi connectivity index (χ2v) is 8.65. The summed E-state index contributed by atoms with van der Waals surface area (Å²) in [6.45, 7) is 4.15. The lowest BCUT2D eigenvalue weighted by atomic mass is 9.96. The van der Waals surface area contributed by atoms with Gasteiger partial charge in [0.1, 0.15) is 14.4 Å². The van der Waals surface area contributed by atoms with E-state index >= 15 is 0 Å². The lowest BCUT2D eigenvalue weighted by Crippen LogP contribution is -2.44. The highest BCUT2D eigenvalue weighted by Crippen LogP contribution is 2.44. The van der Waals surface area contributed by atoms with E-state index in [0.29, 0.717) is 5.70 Å². The molecule has 0 spiro atoms. The average molecular weight is 369 g/mol. The lowest BCUT2D eigenvalue weighted by Gasteiger charge is -2.41. The number of likely N-dealkylation sites (tertiary alicyclic amines) is 1. The summed E-state index contributed by atoms with van der Waals surface area (Å²) in [5.74, 6) is 1.77. The maximum absolute atomic E-state index is 11.6. The van der Waals surface area contributed by atoms with Crippen LogP contribution in [0.1, 0.15) is 33.1 Å². The molecular weight excluding hydrogens is 351 g/mol. The van der Waals surface area contributed by atoms with E-state index in [1.54, 1.807) is 0 Å².